The minimum absolute atomic E-state index is 0. The molecule has 2 rings (SSSR count). The van der Waals surface area contributed by atoms with Crippen molar-refractivity contribution in [2.24, 2.45) is 5.73 Å². The molecule has 0 aromatic rings. The van der Waals surface area contributed by atoms with Gasteiger partial charge in [-0.15, -0.1) is 12.4 Å². The standard InChI is InChI=1S/C14H29N3.ClH/c15-14(13-17-10-5-2-6-11-17)7-12-16-8-3-1-4-9-16;/h14H,1-13,15H2;1H. The second kappa shape index (κ2) is 9.13. The van der Waals surface area contributed by atoms with Crippen LogP contribution < -0.4 is 5.73 Å². The lowest BCUT2D eigenvalue weighted by Gasteiger charge is -2.31. The van der Waals surface area contributed by atoms with Gasteiger partial charge in [-0.2, -0.15) is 0 Å². The highest BCUT2D eigenvalue weighted by molar-refractivity contribution is 5.85. The van der Waals surface area contributed by atoms with Gasteiger partial charge in [0, 0.05) is 12.6 Å². The molecule has 0 radical (unpaired) electrons. The average Bonchev–Trinajstić information content (AvgIpc) is 2.39. The Balaban J connectivity index is 0.00000162. The lowest BCUT2D eigenvalue weighted by molar-refractivity contribution is 0.190. The largest absolute Gasteiger partial charge is 0.326 e. The molecule has 0 saturated carbocycles. The molecule has 1 unspecified atom stereocenters. The number of likely N-dealkylation sites (tertiary alicyclic amines) is 2. The number of piperidine rings is 2. The highest BCUT2D eigenvalue weighted by Gasteiger charge is 2.15. The third-order valence-corrected chi connectivity index (χ3v) is 4.21. The second-order valence-corrected chi connectivity index (χ2v) is 5.81. The minimum Gasteiger partial charge on any atom is -0.326 e. The van der Waals surface area contributed by atoms with Crippen LogP contribution in [0.15, 0.2) is 0 Å². The van der Waals surface area contributed by atoms with E-state index in [1.54, 1.807) is 0 Å². The Morgan fingerprint density at radius 3 is 1.83 bits per heavy atom. The summed E-state index contributed by atoms with van der Waals surface area (Å²) < 4.78 is 0. The SMILES string of the molecule is Cl.NC(CCN1CCCCC1)CN1CCCCC1. The van der Waals surface area contributed by atoms with Gasteiger partial charge in [0.15, 0.2) is 0 Å². The van der Waals surface area contributed by atoms with Crippen molar-refractivity contribution in [1.29, 1.82) is 0 Å². The van der Waals surface area contributed by atoms with Gasteiger partial charge in [0.2, 0.25) is 0 Å². The zero-order chi connectivity index (χ0) is 11.9. The van der Waals surface area contributed by atoms with E-state index in [0.29, 0.717) is 6.04 Å². The Labute approximate surface area is 118 Å². The molecule has 2 heterocycles. The number of nitrogens with zero attached hydrogens (tertiary/aromatic N) is 2. The summed E-state index contributed by atoms with van der Waals surface area (Å²) >= 11 is 0. The predicted molar refractivity (Wildman–Crippen MR) is 80.4 cm³/mol. The molecule has 0 aliphatic carbocycles. The summed E-state index contributed by atoms with van der Waals surface area (Å²) in [6, 6.07) is 0.384. The Hall–Kier alpha value is 0.170. The zero-order valence-electron chi connectivity index (χ0n) is 11.6. The maximum Gasteiger partial charge on any atom is 0.0180 e. The maximum atomic E-state index is 6.25. The van der Waals surface area contributed by atoms with Crippen LogP contribution in [0.3, 0.4) is 0 Å². The van der Waals surface area contributed by atoms with Crippen molar-refractivity contribution in [3.8, 4) is 0 Å². The molecule has 2 saturated heterocycles. The topological polar surface area (TPSA) is 32.5 Å². The van der Waals surface area contributed by atoms with Gasteiger partial charge in [-0.3, -0.25) is 0 Å². The third kappa shape index (κ3) is 5.87. The van der Waals surface area contributed by atoms with Crippen LogP contribution in [0, 0.1) is 0 Å². The van der Waals surface area contributed by atoms with E-state index < -0.39 is 0 Å². The molecule has 0 amide bonds. The molecule has 3 nitrogen and oxygen atoms in total. The monoisotopic (exact) mass is 275 g/mol. The van der Waals surface area contributed by atoms with E-state index in [0.717, 1.165) is 6.54 Å². The summed E-state index contributed by atoms with van der Waals surface area (Å²) in [6.07, 6.45) is 9.55. The van der Waals surface area contributed by atoms with Crippen LogP contribution in [0.2, 0.25) is 0 Å². The molecule has 0 aromatic carbocycles. The second-order valence-electron chi connectivity index (χ2n) is 5.81. The Kier molecular flexibility index (Phi) is 8.23. The fourth-order valence-electron chi connectivity index (χ4n) is 3.10. The molecule has 0 bridgehead atoms. The normalized spacial score (nSPS) is 24.5. The maximum absolute atomic E-state index is 6.25. The first-order valence-corrected chi connectivity index (χ1v) is 7.55. The molecule has 1 atom stereocenters. The van der Waals surface area contributed by atoms with Crippen LogP contribution in [0.25, 0.3) is 0 Å². The number of hydrogen-bond donors (Lipinski definition) is 1. The van der Waals surface area contributed by atoms with E-state index in [1.165, 1.54) is 77.7 Å². The lowest BCUT2D eigenvalue weighted by Crippen LogP contribution is -2.42. The van der Waals surface area contributed by atoms with Crippen molar-refractivity contribution < 1.29 is 0 Å². The molecule has 2 fully saturated rings. The van der Waals surface area contributed by atoms with Crippen LogP contribution >= 0.6 is 12.4 Å². The van der Waals surface area contributed by atoms with Gasteiger partial charge in [-0.05, 0) is 64.8 Å². The molecule has 0 spiro atoms. The van der Waals surface area contributed by atoms with Crippen LogP contribution in [-0.2, 0) is 0 Å². The third-order valence-electron chi connectivity index (χ3n) is 4.21. The van der Waals surface area contributed by atoms with Gasteiger partial charge in [0.25, 0.3) is 0 Å². The van der Waals surface area contributed by atoms with Gasteiger partial charge < -0.3 is 15.5 Å². The quantitative estimate of drug-likeness (QED) is 0.834. The van der Waals surface area contributed by atoms with Gasteiger partial charge >= 0.3 is 0 Å². The fraction of sp³-hybridized carbons (Fsp3) is 1.00. The molecular weight excluding hydrogens is 246 g/mol. The van der Waals surface area contributed by atoms with Crippen molar-refractivity contribution in [3.05, 3.63) is 0 Å². The van der Waals surface area contributed by atoms with E-state index in [2.05, 4.69) is 9.80 Å². The molecular formula is C14H30ClN3. The Morgan fingerprint density at radius 2 is 1.28 bits per heavy atom. The van der Waals surface area contributed by atoms with Crippen molar-refractivity contribution in [1.82, 2.24) is 9.80 Å². The number of hydrogen-bond acceptors (Lipinski definition) is 3. The first-order valence-electron chi connectivity index (χ1n) is 7.55. The molecule has 2 N–H and O–H groups in total. The van der Waals surface area contributed by atoms with Gasteiger partial charge in [-0.25, -0.2) is 0 Å². The highest BCUT2D eigenvalue weighted by atomic mass is 35.5. The van der Waals surface area contributed by atoms with E-state index in [9.17, 15) is 0 Å². The summed E-state index contributed by atoms with van der Waals surface area (Å²) in [5, 5.41) is 0. The molecule has 18 heavy (non-hydrogen) atoms. The number of nitrogens with two attached hydrogens (primary N) is 1. The van der Waals surface area contributed by atoms with Crippen molar-refractivity contribution in [3.63, 3.8) is 0 Å². The summed E-state index contributed by atoms with van der Waals surface area (Å²) in [7, 11) is 0. The Bertz CT molecular complexity index is 201. The van der Waals surface area contributed by atoms with Crippen LogP contribution in [0.5, 0.6) is 0 Å². The highest BCUT2D eigenvalue weighted by Crippen LogP contribution is 2.11. The molecule has 108 valence electrons. The first-order chi connectivity index (χ1) is 8.34. The number of rotatable bonds is 5. The first kappa shape index (κ1) is 16.2. The van der Waals surface area contributed by atoms with Crippen LogP contribution in [-0.4, -0.2) is 55.1 Å². The van der Waals surface area contributed by atoms with Gasteiger partial charge in [-0.1, -0.05) is 12.8 Å². The summed E-state index contributed by atoms with van der Waals surface area (Å²) in [5.41, 5.74) is 6.25. The molecule has 4 heteroatoms. The lowest BCUT2D eigenvalue weighted by atomic mass is 10.1. The zero-order valence-corrected chi connectivity index (χ0v) is 12.5. The fourth-order valence-corrected chi connectivity index (χ4v) is 3.10. The summed E-state index contributed by atoms with van der Waals surface area (Å²) in [5.74, 6) is 0. The van der Waals surface area contributed by atoms with Crippen molar-refractivity contribution in [2.45, 2.75) is 51.0 Å². The van der Waals surface area contributed by atoms with E-state index in [4.69, 9.17) is 5.73 Å². The average molecular weight is 276 g/mol. The Morgan fingerprint density at radius 1 is 0.778 bits per heavy atom. The van der Waals surface area contributed by atoms with E-state index in [1.807, 2.05) is 0 Å². The smallest absolute Gasteiger partial charge is 0.0180 e. The van der Waals surface area contributed by atoms with Gasteiger partial charge in [0.05, 0.1) is 0 Å². The van der Waals surface area contributed by atoms with E-state index in [-0.39, 0.29) is 12.4 Å². The molecule has 2 aliphatic rings. The number of halogens is 1. The van der Waals surface area contributed by atoms with Crippen molar-refractivity contribution >= 4 is 12.4 Å². The van der Waals surface area contributed by atoms with Crippen molar-refractivity contribution in [2.75, 3.05) is 39.3 Å². The summed E-state index contributed by atoms with van der Waals surface area (Å²) in [4.78, 5) is 5.16. The molecule has 2 aliphatic heterocycles. The predicted octanol–water partition coefficient (Wildman–Crippen LogP) is 2.10. The van der Waals surface area contributed by atoms with Crippen LogP contribution in [0.4, 0.5) is 0 Å². The molecule has 0 aromatic heterocycles. The minimum atomic E-state index is 0. The summed E-state index contributed by atoms with van der Waals surface area (Å²) in [6.45, 7) is 7.49. The van der Waals surface area contributed by atoms with Crippen LogP contribution in [0.1, 0.15) is 44.9 Å². The van der Waals surface area contributed by atoms with Gasteiger partial charge in [0.1, 0.15) is 0 Å². The van der Waals surface area contributed by atoms with E-state index >= 15 is 0 Å².